The second kappa shape index (κ2) is 11.5. The van der Waals surface area contributed by atoms with Crippen LogP contribution in [0.25, 0.3) is 11.1 Å². The zero-order chi connectivity index (χ0) is 23.8. The van der Waals surface area contributed by atoms with Crippen LogP contribution in [0.2, 0.25) is 0 Å². The van der Waals surface area contributed by atoms with Gasteiger partial charge in [0.15, 0.2) is 0 Å². The number of benzene rings is 2. The maximum absolute atomic E-state index is 12.5. The zero-order valence-electron chi connectivity index (χ0n) is 18.9. The van der Waals surface area contributed by atoms with E-state index in [0.29, 0.717) is 0 Å². The lowest BCUT2D eigenvalue weighted by Gasteiger charge is -2.22. The number of alkyl carbamates (subject to hydrolysis) is 1. The van der Waals surface area contributed by atoms with E-state index in [1.54, 1.807) is 0 Å². The summed E-state index contributed by atoms with van der Waals surface area (Å²) in [5.74, 6) is -1.34. The quantitative estimate of drug-likeness (QED) is 0.450. The van der Waals surface area contributed by atoms with Gasteiger partial charge in [-0.25, -0.2) is 9.59 Å². The van der Waals surface area contributed by atoms with Crippen molar-refractivity contribution in [3.05, 3.63) is 59.7 Å². The molecule has 8 heteroatoms. The second-order valence-corrected chi connectivity index (χ2v) is 8.32. The molecule has 0 aromatic heterocycles. The van der Waals surface area contributed by atoms with E-state index in [4.69, 9.17) is 14.6 Å². The van der Waals surface area contributed by atoms with Gasteiger partial charge >= 0.3 is 12.1 Å². The lowest BCUT2D eigenvalue weighted by Crippen LogP contribution is -2.43. The average Bonchev–Trinajstić information content (AvgIpc) is 3.10. The molecule has 0 spiro atoms. The molecular formula is C25H30N2O6. The predicted octanol–water partition coefficient (Wildman–Crippen LogP) is 3.16. The number of rotatable bonds is 11. The van der Waals surface area contributed by atoms with Crippen LogP contribution in [0.3, 0.4) is 0 Å². The maximum atomic E-state index is 12.5. The first kappa shape index (κ1) is 24.3. The van der Waals surface area contributed by atoms with Crippen molar-refractivity contribution in [2.75, 3.05) is 26.4 Å². The Hall–Kier alpha value is -3.39. The first-order valence-corrected chi connectivity index (χ1v) is 11.0. The fourth-order valence-corrected chi connectivity index (χ4v) is 3.94. The van der Waals surface area contributed by atoms with Gasteiger partial charge in [0.25, 0.3) is 0 Å². The number of ether oxygens (including phenoxy) is 2. The van der Waals surface area contributed by atoms with Crippen molar-refractivity contribution in [1.82, 2.24) is 10.6 Å². The van der Waals surface area contributed by atoms with Crippen molar-refractivity contribution in [1.29, 1.82) is 0 Å². The van der Waals surface area contributed by atoms with Gasteiger partial charge in [-0.05, 0) is 28.2 Å². The maximum Gasteiger partial charge on any atom is 0.407 e. The highest BCUT2D eigenvalue weighted by Gasteiger charge is 2.29. The highest BCUT2D eigenvalue weighted by molar-refractivity contribution is 5.79. The molecule has 1 aliphatic carbocycles. The number of nitrogens with one attached hydrogen (secondary N) is 2. The van der Waals surface area contributed by atoms with Gasteiger partial charge < -0.3 is 25.2 Å². The summed E-state index contributed by atoms with van der Waals surface area (Å²) in [5, 5.41) is 14.0. The van der Waals surface area contributed by atoms with Crippen LogP contribution in [-0.4, -0.2) is 55.5 Å². The summed E-state index contributed by atoms with van der Waals surface area (Å²) < 4.78 is 10.5. The third-order valence-electron chi connectivity index (χ3n) is 5.65. The van der Waals surface area contributed by atoms with Gasteiger partial charge in [0, 0.05) is 24.9 Å². The predicted molar refractivity (Wildman–Crippen MR) is 123 cm³/mol. The molecule has 33 heavy (non-hydrogen) atoms. The molecule has 0 bridgehead atoms. The normalized spacial score (nSPS) is 13.2. The number of amides is 2. The van der Waals surface area contributed by atoms with Gasteiger partial charge in [0.1, 0.15) is 13.2 Å². The molecule has 176 valence electrons. The van der Waals surface area contributed by atoms with Crippen LogP contribution in [-0.2, 0) is 19.1 Å². The zero-order valence-corrected chi connectivity index (χ0v) is 18.9. The fraction of sp³-hybridized carbons (Fsp3) is 0.400. The molecule has 0 fully saturated rings. The summed E-state index contributed by atoms with van der Waals surface area (Å²) in [4.78, 5) is 35.2. The molecular weight excluding hydrogens is 424 g/mol. The van der Waals surface area contributed by atoms with Crippen molar-refractivity contribution < 1.29 is 29.0 Å². The standard InChI is InChI=1S/C25H30N2O6/c1-16(2)22(13-23(28)26-11-12-32-15-24(29)30)27-25(31)33-14-21-19-9-5-3-7-17(19)18-8-4-6-10-20(18)21/h3-10,16,21-22H,11-15H2,1-2H3,(H,26,28)(H,27,31)(H,29,30)/t22-/m0/s1. The number of carbonyl (C=O) groups is 3. The summed E-state index contributed by atoms with van der Waals surface area (Å²) in [5.41, 5.74) is 4.59. The van der Waals surface area contributed by atoms with Gasteiger partial charge in [-0.15, -0.1) is 0 Å². The number of hydrogen-bond acceptors (Lipinski definition) is 5. The molecule has 8 nitrogen and oxygen atoms in total. The molecule has 2 aromatic carbocycles. The van der Waals surface area contributed by atoms with E-state index < -0.39 is 24.7 Å². The van der Waals surface area contributed by atoms with Crippen molar-refractivity contribution in [2.24, 2.45) is 5.92 Å². The fourth-order valence-electron chi connectivity index (χ4n) is 3.94. The molecule has 2 aromatic rings. The Labute approximate surface area is 193 Å². The third-order valence-corrected chi connectivity index (χ3v) is 5.65. The van der Waals surface area contributed by atoms with Crippen LogP contribution in [0.1, 0.15) is 37.3 Å². The lowest BCUT2D eigenvalue weighted by molar-refractivity contribution is -0.142. The first-order chi connectivity index (χ1) is 15.9. The van der Waals surface area contributed by atoms with Crippen molar-refractivity contribution in [3.63, 3.8) is 0 Å². The summed E-state index contributed by atoms with van der Waals surface area (Å²) in [6.07, 6.45) is -0.478. The monoisotopic (exact) mass is 454 g/mol. The Morgan fingerprint density at radius 1 is 1.00 bits per heavy atom. The van der Waals surface area contributed by atoms with Crippen molar-refractivity contribution in [2.45, 2.75) is 32.2 Å². The van der Waals surface area contributed by atoms with Gasteiger partial charge in [0.05, 0.1) is 6.61 Å². The van der Waals surface area contributed by atoms with Crippen LogP contribution >= 0.6 is 0 Å². The van der Waals surface area contributed by atoms with E-state index in [1.165, 1.54) is 0 Å². The summed E-state index contributed by atoms with van der Waals surface area (Å²) in [7, 11) is 0. The van der Waals surface area contributed by atoms with E-state index >= 15 is 0 Å². The van der Waals surface area contributed by atoms with Gasteiger partial charge in [0.2, 0.25) is 5.91 Å². The van der Waals surface area contributed by atoms with Crippen molar-refractivity contribution in [3.8, 4) is 11.1 Å². The van der Waals surface area contributed by atoms with Crippen molar-refractivity contribution >= 4 is 18.0 Å². The molecule has 0 unspecified atom stereocenters. The molecule has 0 radical (unpaired) electrons. The molecule has 3 N–H and O–H groups in total. The topological polar surface area (TPSA) is 114 Å². The Bertz CT molecular complexity index is 945. The molecule has 0 heterocycles. The number of carboxylic acid groups (broad SMARTS) is 1. The highest BCUT2D eigenvalue weighted by Crippen LogP contribution is 2.44. The number of fused-ring (bicyclic) bond motifs is 3. The minimum absolute atomic E-state index is 0.0134. The first-order valence-electron chi connectivity index (χ1n) is 11.0. The Morgan fingerprint density at radius 2 is 1.61 bits per heavy atom. The molecule has 1 aliphatic rings. The van der Waals surface area contributed by atoms with Crippen LogP contribution in [0.5, 0.6) is 0 Å². The second-order valence-electron chi connectivity index (χ2n) is 8.32. The van der Waals surface area contributed by atoms with E-state index in [1.807, 2.05) is 38.1 Å². The van der Waals surface area contributed by atoms with E-state index in [2.05, 4.69) is 34.9 Å². The number of carboxylic acids is 1. The molecule has 0 saturated carbocycles. The molecule has 3 rings (SSSR count). The Balaban J connectivity index is 1.50. The van der Waals surface area contributed by atoms with Crippen LogP contribution in [0, 0.1) is 5.92 Å². The molecule has 0 saturated heterocycles. The highest BCUT2D eigenvalue weighted by atomic mass is 16.5. The number of carbonyl (C=O) groups excluding carboxylic acids is 2. The number of aliphatic carboxylic acids is 1. The molecule has 0 aliphatic heterocycles. The van der Waals surface area contributed by atoms with E-state index in [9.17, 15) is 14.4 Å². The summed E-state index contributed by atoms with van der Waals surface area (Å²) in [6, 6.07) is 15.8. The third kappa shape index (κ3) is 6.55. The van der Waals surface area contributed by atoms with Crippen LogP contribution in [0.4, 0.5) is 4.79 Å². The minimum Gasteiger partial charge on any atom is -0.480 e. The molecule has 1 atom stereocenters. The van der Waals surface area contributed by atoms with E-state index in [0.717, 1.165) is 22.3 Å². The summed E-state index contributed by atoms with van der Waals surface area (Å²) in [6.45, 7) is 3.92. The lowest BCUT2D eigenvalue weighted by atomic mass is 9.98. The van der Waals surface area contributed by atoms with Gasteiger partial charge in [-0.3, -0.25) is 4.79 Å². The Morgan fingerprint density at radius 3 is 2.18 bits per heavy atom. The van der Waals surface area contributed by atoms with Gasteiger partial charge in [-0.1, -0.05) is 62.4 Å². The largest absolute Gasteiger partial charge is 0.480 e. The summed E-state index contributed by atoms with van der Waals surface area (Å²) >= 11 is 0. The van der Waals surface area contributed by atoms with Crippen LogP contribution in [0.15, 0.2) is 48.5 Å². The Kier molecular flexibility index (Phi) is 8.43. The minimum atomic E-state index is -1.06. The molecule has 2 amide bonds. The van der Waals surface area contributed by atoms with E-state index in [-0.39, 0.29) is 43.9 Å². The SMILES string of the molecule is CC(C)[C@H](CC(=O)NCCOCC(=O)O)NC(=O)OCC1c2ccccc2-c2ccccc21. The smallest absolute Gasteiger partial charge is 0.407 e. The van der Waals surface area contributed by atoms with Crippen LogP contribution < -0.4 is 10.6 Å². The number of hydrogen-bond donors (Lipinski definition) is 3. The van der Waals surface area contributed by atoms with Gasteiger partial charge in [-0.2, -0.15) is 0 Å². The average molecular weight is 455 g/mol.